The number of hydrogen-bond acceptors (Lipinski definition) is 4. The van der Waals surface area contributed by atoms with Gasteiger partial charge in [0.2, 0.25) is 0 Å². The van der Waals surface area contributed by atoms with Gasteiger partial charge in [0.05, 0.1) is 6.04 Å². The molecule has 3 N–H and O–H groups in total. The van der Waals surface area contributed by atoms with Crippen molar-refractivity contribution in [2.75, 3.05) is 34.2 Å². The van der Waals surface area contributed by atoms with E-state index in [1.54, 1.807) is 0 Å². The highest BCUT2D eigenvalue weighted by molar-refractivity contribution is 5.81. The minimum atomic E-state index is -0.146. The van der Waals surface area contributed by atoms with Gasteiger partial charge in [-0.15, -0.1) is 0 Å². The Morgan fingerprint density at radius 2 is 1.81 bits per heavy atom. The number of hydrogen-bond donors (Lipinski definition) is 2. The first kappa shape index (κ1) is 15.3. The largest absolute Gasteiger partial charge is 0.309 e. The molecule has 0 saturated heterocycles. The molecule has 0 aliphatic rings. The number of hydrazine groups is 1. The van der Waals surface area contributed by atoms with Crippen molar-refractivity contribution in [1.29, 1.82) is 0 Å². The van der Waals surface area contributed by atoms with Crippen LogP contribution in [0, 0.1) is 5.92 Å². The van der Waals surface area contributed by atoms with E-state index in [4.69, 9.17) is 5.84 Å². The van der Waals surface area contributed by atoms with Gasteiger partial charge in [0, 0.05) is 0 Å². The fraction of sp³-hybridized carbons (Fsp3) is 0.909. The monoisotopic (exact) mass is 230 g/mol. The van der Waals surface area contributed by atoms with Gasteiger partial charge in [0.1, 0.15) is 0 Å². The molecule has 1 atom stereocenters. The summed E-state index contributed by atoms with van der Waals surface area (Å²) in [4.78, 5) is 15.8. The van der Waals surface area contributed by atoms with Crippen molar-refractivity contribution in [3.05, 3.63) is 0 Å². The molecule has 0 radical (unpaired) electrons. The maximum Gasteiger partial charge on any atom is 0.251 e. The molecule has 0 fully saturated rings. The van der Waals surface area contributed by atoms with Crippen LogP contribution < -0.4 is 11.3 Å². The fourth-order valence-electron chi connectivity index (χ4n) is 1.87. The Morgan fingerprint density at radius 3 is 2.19 bits per heavy atom. The van der Waals surface area contributed by atoms with E-state index in [-0.39, 0.29) is 17.9 Å². The lowest BCUT2D eigenvalue weighted by Crippen LogP contribution is -2.50. The molecule has 0 aromatic rings. The summed E-state index contributed by atoms with van der Waals surface area (Å²) in [5, 5.41) is 0. The molecule has 96 valence electrons. The molecule has 0 aliphatic carbocycles. The van der Waals surface area contributed by atoms with Crippen LogP contribution in [0.2, 0.25) is 0 Å². The number of amides is 1. The van der Waals surface area contributed by atoms with Crippen LogP contribution in [-0.2, 0) is 4.79 Å². The molecule has 0 spiro atoms. The molecule has 0 bridgehead atoms. The number of likely N-dealkylation sites (N-methyl/N-ethyl adjacent to an activating group) is 1. The van der Waals surface area contributed by atoms with Crippen LogP contribution in [0.15, 0.2) is 0 Å². The number of nitrogens with two attached hydrogens (primary N) is 1. The average molecular weight is 230 g/mol. The van der Waals surface area contributed by atoms with E-state index < -0.39 is 0 Å². The first-order valence-corrected chi connectivity index (χ1v) is 5.75. The molecule has 0 saturated carbocycles. The summed E-state index contributed by atoms with van der Waals surface area (Å²) in [7, 11) is 6.06. The predicted molar refractivity (Wildman–Crippen MR) is 66.8 cm³/mol. The second-order valence-electron chi connectivity index (χ2n) is 4.83. The van der Waals surface area contributed by atoms with E-state index in [2.05, 4.69) is 15.2 Å². The molecule has 16 heavy (non-hydrogen) atoms. The summed E-state index contributed by atoms with van der Waals surface area (Å²) in [5.41, 5.74) is 2.24. The number of rotatable bonds is 7. The molecular weight excluding hydrogens is 204 g/mol. The third-order valence-electron chi connectivity index (χ3n) is 2.63. The zero-order valence-electron chi connectivity index (χ0n) is 11.2. The molecule has 0 aromatic carbocycles. The van der Waals surface area contributed by atoms with Crippen LogP contribution >= 0.6 is 0 Å². The summed E-state index contributed by atoms with van der Waals surface area (Å²) >= 11 is 0. The molecule has 5 nitrogen and oxygen atoms in total. The number of carbonyl (C=O) groups excluding carboxylic acids is 1. The van der Waals surface area contributed by atoms with Gasteiger partial charge in [-0.1, -0.05) is 13.8 Å². The minimum absolute atomic E-state index is 0.109. The Bertz CT molecular complexity index is 206. The van der Waals surface area contributed by atoms with Crippen molar-refractivity contribution in [3.63, 3.8) is 0 Å². The van der Waals surface area contributed by atoms with E-state index in [9.17, 15) is 4.79 Å². The minimum Gasteiger partial charge on any atom is -0.309 e. The predicted octanol–water partition coefficient (Wildman–Crippen LogP) is -0.116. The highest BCUT2D eigenvalue weighted by Gasteiger charge is 2.25. The lowest BCUT2D eigenvalue weighted by atomic mass is 10.0. The highest BCUT2D eigenvalue weighted by Crippen LogP contribution is 2.09. The van der Waals surface area contributed by atoms with Gasteiger partial charge in [-0.25, -0.2) is 5.84 Å². The van der Waals surface area contributed by atoms with Gasteiger partial charge >= 0.3 is 0 Å². The zero-order chi connectivity index (χ0) is 12.7. The standard InChI is InChI=1S/C11H26N4O/c1-9(2)10(11(16)13-12)15(5)8-6-7-14(3)4/h9-10H,6-8,12H2,1-5H3,(H,13,16). The van der Waals surface area contributed by atoms with Gasteiger partial charge in [-0.3, -0.25) is 15.1 Å². The van der Waals surface area contributed by atoms with E-state index in [1.807, 2.05) is 35.0 Å². The van der Waals surface area contributed by atoms with E-state index in [1.165, 1.54) is 0 Å². The topological polar surface area (TPSA) is 61.6 Å². The fourth-order valence-corrected chi connectivity index (χ4v) is 1.87. The van der Waals surface area contributed by atoms with Crippen molar-refractivity contribution in [3.8, 4) is 0 Å². The van der Waals surface area contributed by atoms with Crippen LogP contribution in [0.4, 0.5) is 0 Å². The Hall–Kier alpha value is -0.650. The van der Waals surface area contributed by atoms with E-state index >= 15 is 0 Å². The van der Waals surface area contributed by atoms with Gasteiger partial charge < -0.3 is 4.90 Å². The summed E-state index contributed by atoms with van der Waals surface area (Å²) in [6.45, 7) is 5.98. The normalized spacial score (nSPS) is 13.6. The SMILES string of the molecule is CC(C)C(C(=O)NN)N(C)CCCN(C)C. The second kappa shape index (κ2) is 7.60. The maximum atomic E-state index is 11.6. The van der Waals surface area contributed by atoms with Gasteiger partial charge in [0.25, 0.3) is 5.91 Å². The van der Waals surface area contributed by atoms with Crippen LogP contribution in [-0.4, -0.2) is 56.0 Å². The molecular formula is C11H26N4O. The van der Waals surface area contributed by atoms with Crippen molar-refractivity contribution in [1.82, 2.24) is 15.2 Å². The average Bonchev–Trinajstić information content (AvgIpc) is 2.16. The van der Waals surface area contributed by atoms with Crippen molar-refractivity contribution in [2.24, 2.45) is 11.8 Å². The lowest BCUT2D eigenvalue weighted by molar-refractivity contribution is -0.127. The Kier molecular flexibility index (Phi) is 7.29. The molecule has 0 aromatic heterocycles. The van der Waals surface area contributed by atoms with Gasteiger partial charge in [-0.2, -0.15) is 0 Å². The Labute approximate surface area is 98.9 Å². The molecule has 1 amide bonds. The van der Waals surface area contributed by atoms with Crippen LogP contribution in [0.3, 0.4) is 0 Å². The van der Waals surface area contributed by atoms with Gasteiger partial charge in [-0.05, 0) is 46.6 Å². The zero-order valence-corrected chi connectivity index (χ0v) is 11.2. The van der Waals surface area contributed by atoms with Crippen LogP contribution in [0.25, 0.3) is 0 Å². The Balaban J connectivity index is 4.17. The first-order chi connectivity index (χ1) is 7.40. The number of nitrogens with one attached hydrogen (secondary N) is 1. The summed E-state index contributed by atoms with van der Waals surface area (Å²) in [6, 6.07) is -0.146. The third-order valence-corrected chi connectivity index (χ3v) is 2.63. The molecule has 1 unspecified atom stereocenters. The van der Waals surface area contributed by atoms with Crippen LogP contribution in [0.1, 0.15) is 20.3 Å². The van der Waals surface area contributed by atoms with Gasteiger partial charge in [0.15, 0.2) is 0 Å². The van der Waals surface area contributed by atoms with Crippen LogP contribution in [0.5, 0.6) is 0 Å². The third kappa shape index (κ3) is 5.44. The first-order valence-electron chi connectivity index (χ1n) is 5.75. The number of nitrogens with zero attached hydrogens (tertiary/aromatic N) is 2. The quantitative estimate of drug-likeness (QED) is 0.364. The number of carbonyl (C=O) groups is 1. The Morgan fingerprint density at radius 1 is 1.25 bits per heavy atom. The summed E-state index contributed by atoms with van der Waals surface area (Å²) in [6.07, 6.45) is 1.05. The maximum absolute atomic E-state index is 11.6. The van der Waals surface area contributed by atoms with Crippen molar-refractivity contribution in [2.45, 2.75) is 26.3 Å². The molecule has 0 heterocycles. The smallest absolute Gasteiger partial charge is 0.251 e. The van der Waals surface area contributed by atoms with Crippen molar-refractivity contribution >= 4 is 5.91 Å². The summed E-state index contributed by atoms with van der Waals surface area (Å²) < 4.78 is 0. The molecule has 5 heteroatoms. The summed E-state index contributed by atoms with van der Waals surface area (Å²) in [5.74, 6) is 5.34. The second-order valence-corrected chi connectivity index (χ2v) is 4.83. The lowest BCUT2D eigenvalue weighted by Gasteiger charge is -2.29. The molecule has 0 rings (SSSR count). The highest BCUT2D eigenvalue weighted by atomic mass is 16.2. The van der Waals surface area contributed by atoms with E-state index in [0.717, 1.165) is 19.5 Å². The van der Waals surface area contributed by atoms with E-state index in [0.29, 0.717) is 0 Å². The molecule has 0 aliphatic heterocycles. The van der Waals surface area contributed by atoms with Crippen molar-refractivity contribution < 1.29 is 4.79 Å².